The number of rotatable bonds is 2. The van der Waals surface area contributed by atoms with Gasteiger partial charge in [0.05, 0.1) is 5.92 Å². The quantitative estimate of drug-likeness (QED) is 0.677. The van der Waals surface area contributed by atoms with Crippen LogP contribution in [0.2, 0.25) is 0 Å². The fraction of sp³-hybridized carbons (Fsp3) is 0.875. The Hall–Kier alpha value is -0.280. The van der Waals surface area contributed by atoms with E-state index in [1.165, 1.54) is 0 Å². The van der Waals surface area contributed by atoms with Gasteiger partial charge in [-0.2, -0.15) is 0 Å². The maximum Gasteiger partial charge on any atom is 0.310 e. The molecule has 0 aromatic carbocycles. The highest BCUT2D eigenvalue weighted by Gasteiger charge is 2.20. The predicted octanol–water partition coefficient (Wildman–Crippen LogP) is 1.34. The molecular weight excluding hydrogens is 178 g/mol. The van der Waals surface area contributed by atoms with E-state index < -0.39 is 5.60 Å². The maximum atomic E-state index is 11.1. The van der Waals surface area contributed by atoms with Gasteiger partial charge in [0, 0.05) is 6.54 Å². The molecule has 1 unspecified atom stereocenters. The minimum Gasteiger partial charge on any atom is -0.460 e. The van der Waals surface area contributed by atoms with E-state index in [-0.39, 0.29) is 24.3 Å². The summed E-state index contributed by atoms with van der Waals surface area (Å²) in [5.74, 6) is -0.422. The molecule has 0 spiro atoms. The van der Waals surface area contributed by atoms with Crippen LogP contribution >= 0.6 is 12.4 Å². The zero-order valence-corrected chi connectivity index (χ0v) is 8.90. The lowest BCUT2D eigenvalue weighted by Gasteiger charge is -2.21. The highest BCUT2D eigenvalue weighted by molar-refractivity contribution is 5.85. The first-order valence-corrected chi connectivity index (χ1v) is 3.79. The molecule has 3 nitrogen and oxygen atoms in total. The van der Waals surface area contributed by atoms with Crippen molar-refractivity contribution >= 4 is 18.4 Å². The van der Waals surface area contributed by atoms with Crippen molar-refractivity contribution in [1.29, 1.82) is 0 Å². The van der Waals surface area contributed by atoms with Gasteiger partial charge < -0.3 is 10.5 Å². The number of carbonyl (C=O) groups is 1. The summed E-state index contributed by atoms with van der Waals surface area (Å²) in [6.07, 6.45) is 0. The summed E-state index contributed by atoms with van der Waals surface area (Å²) in [5.41, 5.74) is 4.89. The van der Waals surface area contributed by atoms with E-state index in [2.05, 4.69) is 0 Å². The van der Waals surface area contributed by atoms with Gasteiger partial charge in [0.2, 0.25) is 0 Å². The molecule has 0 aromatic rings. The molecule has 0 saturated heterocycles. The minimum absolute atomic E-state index is 0. The van der Waals surface area contributed by atoms with Crippen LogP contribution in [0.15, 0.2) is 0 Å². The molecule has 12 heavy (non-hydrogen) atoms. The third-order valence-corrected chi connectivity index (χ3v) is 1.16. The Bertz CT molecular complexity index is 142. The smallest absolute Gasteiger partial charge is 0.310 e. The monoisotopic (exact) mass is 195 g/mol. The Morgan fingerprint density at radius 1 is 1.50 bits per heavy atom. The first kappa shape index (κ1) is 14.3. The SMILES string of the molecule is CC(CN)C(=O)OC(C)(C)C.Cl. The number of esters is 1. The van der Waals surface area contributed by atoms with Gasteiger partial charge in [-0.15, -0.1) is 12.4 Å². The summed E-state index contributed by atoms with van der Waals surface area (Å²) < 4.78 is 5.07. The molecule has 0 aliphatic heterocycles. The second kappa shape index (κ2) is 5.38. The molecular formula is C8H18ClNO2. The predicted molar refractivity (Wildman–Crippen MR) is 51.3 cm³/mol. The van der Waals surface area contributed by atoms with E-state index >= 15 is 0 Å². The largest absolute Gasteiger partial charge is 0.460 e. The molecule has 0 amide bonds. The first-order chi connectivity index (χ1) is 4.87. The van der Waals surface area contributed by atoms with E-state index in [1.807, 2.05) is 20.8 Å². The normalized spacial score (nSPS) is 13.1. The van der Waals surface area contributed by atoms with Crippen LogP contribution < -0.4 is 5.73 Å². The average molecular weight is 196 g/mol. The molecule has 1 atom stereocenters. The van der Waals surface area contributed by atoms with Gasteiger partial charge in [0.15, 0.2) is 0 Å². The molecule has 2 N–H and O–H groups in total. The van der Waals surface area contributed by atoms with E-state index in [0.717, 1.165) is 0 Å². The van der Waals surface area contributed by atoms with Crippen molar-refractivity contribution < 1.29 is 9.53 Å². The van der Waals surface area contributed by atoms with Crippen LogP contribution in [0, 0.1) is 5.92 Å². The highest BCUT2D eigenvalue weighted by atomic mass is 35.5. The van der Waals surface area contributed by atoms with Gasteiger partial charge in [-0.05, 0) is 20.8 Å². The van der Waals surface area contributed by atoms with Crippen molar-refractivity contribution in [2.45, 2.75) is 33.3 Å². The van der Waals surface area contributed by atoms with Gasteiger partial charge >= 0.3 is 5.97 Å². The fourth-order valence-electron chi connectivity index (χ4n) is 0.499. The van der Waals surface area contributed by atoms with Crippen molar-refractivity contribution in [3.63, 3.8) is 0 Å². The second-order valence-electron chi connectivity index (χ2n) is 3.67. The number of ether oxygens (including phenoxy) is 1. The van der Waals surface area contributed by atoms with Crippen LogP contribution in [-0.4, -0.2) is 18.1 Å². The molecule has 0 saturated carbocycles. The number of carbonyl (C=O) groups excluding carboxylic acids is 1. The number of halogens is 1. The number of hydrogen-bond donors (Lipinski definition) is 1. The Kier molecular flexibility index (Phi) is 6.39. The molecule has 0 aliphatic rings. The third kappa shape index (κ3) is 6.43. The summed E-state index contributed by atoms with van der Waals surface area (Å²) in [6, 6.07) is 0. The van der Waals surface area contributed by atoms with E-state index in [0.29, 0.717) is 6.54 Å². The van der Waals surface area contributed by atoms with Crippen LogP contribution in [0.3, 0.4) is 0 Å². The van der Waals surface area contributed by atoms with E-state index in [1.54, 1.807) is 6.92 Å². The van der Waals surface area contributed by atoms with Crippen molar-refractivity contribution in [2.75, 3.05) is 6.54 Å². The van der Waals surface area contributed by atoms with Gasteiger partial charge in [0.1, 0.15) is 5.60 Å². The maximum absolute atomic E-state index is 11.1. The van der Waals surface area contributed by atoms with Crippen molar-refractivity contribution in [3.05, 3.63) is 0 Å². The standard InChI is InChI=1S/C8H17NO2.ClH/c1-6(5-9)7(10)11-8(2,3)4;/h6H,5,9H2,1-4H3;1H. The lowest BCUT2D eigenvalue weighted by atomic mass is 10.1. The zero-order chi connectivity index (χ0) is 9.07. The summed E-state index contributed by atoms with van der Waals surface area (Å²) >= 11 is 0. The summed E-state index contributed by atoms with van der Waals surface area (Å²) in [6.45, 7) is 7.62. The molecule has 0 aliphatic carbocycles. The van der Waals surface area contributed by atoms with Gasteiger partial charge in [-0.25, -0.2) is 0 Å². The van der Waals surface area contributed by atoms with Crippen LogP contribution in [0.4, 0.5) is 0 Å². The fourth-order valence-corrected chi connectivity index (χ4v) is 0.499. The Morgan fingerprint density at radius 3 is 2.17 bits per heavy atom. The van der Waals surface area contributed by atoms with Crippen molar-refractivity contribution in [3.8, 4) is 0 Å². The van der Waals surface area contributed by atoms with Gasteiger partial charge in [0.25, 0.3) is 0 Å². The first-order valence-electron chi connectivity index (χ1n) is 3.79. The summed E-state index contributed by atoms with van der Waals surface area (Å²) in [4.78, 5) is 11.1. The molecule has 4 heteroatoms. The Morgan fingerprint density at radius 2 is 1.92 bits per heavy atom. The second-order valence-corrected chi connectivity index (χ2v) is 3.67. The van der Waals surface area contributed by atoms with Crippen LogP contribution in [0.5, 0.6) is 0 Å². The Balaban J connectivity index is 0. The zero-order valence-electron chi connectivity index (χ0n) is 8.09. The van der Waals surface area contributed by atoms with E-state index in [9.17, 15) is 4.79 Å². The molecule has 0 heterocycles. The molecule has 0 aromatic heterocycles. The lowest BCUT2D eigenvalue weighted by molar-refractivity contribution is -0.158. The Labute approximate surface area is 80.1 Å². The van der Waals surface area contributed by atoms with Crippen molar-refractivity contribution in [2.24, 2.45) is 11.7 Å². The summed E-state index contributed by atoms with van der Waals surface area (Å²) in [7, 11) is 0. The third-order valence-electron chi connectivity index (χ3n) is 1.16. The van der Waals surface area contributed by atoms with Crippen LogP contribution in [0.25, 0.3) is 0 Å². The average Bonchev–Trinajstić information content (AvgIpc) is 1.82. The topological polar surface area (TPSA) is 52.3 Å². The molecule has 0 fully saturated rings. The molecule has 0 radical (unpaired) electrons. The van der Waals surface area contributed by atoms with Gasteiger partial charge in [-0.3, -0.25) is 4.79 Å². The number of hydrogen-bond acceptors (Lipinski definition) is 3. The summed E-state index contributed by atoms with van der Waals surface area (Å²) in [5, 5.41) is 0. The highest BCUT2D eigenvalue weighted by Crippen LogP contribution is 2.09. The lowest BCUT2D eigenvalue weighted by Crippen LogP contribution is -2.30. The minimum atomic E-state index is -0.402. The molecule has 0 bridgehead atoms. The van der Waals surface area contributed by atoms with Crippen LogP contribution in [-0.2, 0) is 9.53 Å². The van der Waals surface area contributed by atoms with E-state index in [4.69, 9.17) is 10.5 Å². The van der Waals surface area contributed by atoms with Crippen molar-refractivity contribution in [1.82, 2.24) is 0 Å². The molecule has 0 rings (SSSR count). The van der Waals surface area contributed by atoms with Gasteiger partial charge in [-0.1, -0.05) is 6.92 Å². The van der Waals surface area contributed by atoms with Crippen LogP contribution in [0.1, 0.15) is 27.7 Å². The number of nitrogens with two attached hydrogens (primary N) is 1. The molecule has 74 valence electrons.